The van der Waals surface area contributed by atoms with E-state index in [9.17, 15) is 4.79 Å². The molecule has 2 aromatic carbocycles. The number of nitrogens with zero attached hydrogens (tertiary/aromatic N) is 3. The number of nitrogen functional groups attached to an aromatic ring is 1. The van der Waals surface area contributed by atoms with Crippen molar-refractivity contribution in [1.82, 2.24) is 14.9 Å². The summed E-state index contributed by atoms with van der Waals surface area (Å²) in [7, 11) is 0. The third kappa shape index (κ3) is 5.91. The highest BCUT2D eigenvalue weighted by Crippen LogP contribution is 2.28. The van der Waals surface area contributed by atoms with Crippen LogP contribution in [0.3, 0.4) is 0 Å². The van der Waals surface area contributed by atoms with Crippen molar-refractivity contribution in [2.75, 3.05) is 49.2 Å². The fourth-order valence-electron chi connectivity index (χ4n) is 3.69. The number of nitrogens with one attached hydrogen (secondary N) is 2. The Bertz CT molecular complexity index is 1130. The third-order valence-electron chi connectivity index (χ3n) is 5.48. The molecule has 1 aliphatic rings. The second kappa shape index (κ2) is 10.5. The third-order valence-corrected chi connectivity index (χ3v) is 5.89. The lowest BCUT2D eigenvalue weighted by Gasteiger charge is -2.27. The molecule has 1 aromatic heterocycles. The maximum atomic E-state index is 12.4. The molecule has 1 aliphatic heterocycles. The molecule has 4 rings (SSSR count). The zero-order valence-corrected chi connectivity index (χ0v) is 19.2. The van der Waals surface area contributed by atoms with Crippen molar-refractivity contribution in [3.05, 3.63) is 64.7 Å². The van der Waals surface area contributed by atoms with Gasteiger partial charge in [0, 0.05) is 42.0 Å². The van der Waals surface area contributed by atoms with Gasteiger partial charge in [-0.05, 0) is 42.7 Å². The van der Waals surface area contributed by atoms with Crippen LogP contribution in [0.4, 0.5) is 22.2 Å². The Hall–Kier alpha value is -3.36. The molecule has 0 unspecified atom stereocenters. The van der Waals surface area contributed by atoms with E-state index in [0.717, 1.165) is 34.5 Å². The molecule has 4 N–H and O–H groups in total. The Balaban J connectivity index is 1.37. The molecular weight excluding hydrogens is 440 g/mol. The number of amides is 2. The molecule has 1 saturated heterocycles. The number of nitrogens with two attached hydrogens (primary N) is 1. The number of hydrogen-bond donors (Lipinski definition) is 3. The first kappa shape index (κ1) is 22.8. The van der Waals surface area contributed by atoms with Crippen LogP contribution in [0.5, 0.6) is 0 Å². The molecule has 0 radical (unpaired) electrons. The maximum Gasteiger partial charge on any atom is 0.321 e. The van der Waals surface area contributed by atoms with Gasteiger partial charge in [0.25, 0.3) is 0 Å². The number of carbonyl (C=O) groups is 1. The molecule has 33 heavy (non-hydrogen) atoms. The van der Waals surface area contributed by atoms with E-state index >= 15 is 0 Å². The van der Waals surface area contributed by atoms with Crippen LogP contribution in [0.2, 0.25) is 5.02 Å². The topological polar surface area (TPSA) is 105 Å². The molecular formula is C24H27ClN6O2. The summed E-state index contributed by atoms with van der Waals surface area (Å²) in [6.45, 7) is 4.96. The van der Waals surface area contributed by atoms with Crippen LogP contribution in [0, 0.1) is 6.92 Å². The molecule has 0 atom stereocenters. The standard InChI is InChI=1S/C24H27ClN6O2/c1-16-19(6-3-7-20(16)25)21-15-22(30-23(26)29-21)27-9-8-17-4-2-5-18(14-17)28-24(32)31-10-12-33-13-11-31/h2-7,14-15H,8-13H2,1H3,(H,28,32)(H3,26,27,29,30). The largest absolute Gasteiger partial charge is 0.378 e. The van der Waals surface area contributed by atoms with Crippen molar-refractivity contribution >= 4 is 35.1 Å². The van der Waals surface area contributed by atoms with Crippen molar-refractivity contribution in [3.8, 4) is 11.3 Å². The minimum atomic E-state index is -0.103. The van der Waals surface area contributed by atoms with Crippen molar-refractivity contribution < 1.29 is 9.53 Å². The summed E-state index contributed by atoms with van der Waals surface area (Å²) in [5.74, 6) is 0.843. The van der Waals surface area contributed by atoms with Crippen molar-refractivity contribution in [3.63, 3.8) is 0 Å². The van der Waals surface area contributed by atoms with E-state index in [1.165, 1.54) is 0 Å². The molecule has 0 bridgehead atoms. The van der Waals surface area contributed by atoms with E-state index in [2.05, 4.69) is 20.6 Å². The van der Waals surface area contributed by atoms with Gasteiger partial charge in [-0.3, -0.25) is 0 Å². The number of aromatic nitrogens is 2. The number of carbonyl (C=O) groups excluding carboxylic acids is 1. The predicted molar refractivity (Wildman–Crippen MR) is 132 cm³/mol. The molecule has 172 valence electrons. The molecule has 0 aliphatic carbocycles. The van der Waals surface area contributed by atoms with Crippen LogP contribution in [0.15, 0.2) is 48.5 Å². The zero-order valence-electron chi connectivity index (χ0n) is 18.5. The van der Waals surface area contributed by atoms with Gasteiger partial charge in [0.1, 0.15) is 5.82 Å². The van der Waals surface area contributed by atoms with Gasteiger partial charge in [0.15, 0.2) is 0 Å². The summed E-state index contributed by atoms with van der Waals surface area (Å²) in [5, 5.41) is 6.96. The Labute approximate surface area is 198 Å². The van der Waals surface area contributed by atoms with E-state index in [1.54, 1.807) is 4.90 Å². The van der Waals surface area contributed by atoms with Crippen molar-refractivity contribution in [2.45, 2.75) is 13.3 Å². The monoisotopic (exact) mass is 466 g/mol. The zero-order chi connectivity index (χ0) is 23.2. The van der Waals surface area contributed by atoms with Gasteiger partial charge in [0.2, 0.25) is 5.95 Å². The average molecular weight is 467 g/mol. The van der Waals surface area contributed by atoms with Crippen LogP contribution in [0.25, 0.3) is 11.3 Å². The minimum absolute atomic E-state index is 0.103. The van der Waals surface area contributed by atoms with Crippen LogP contribution in [-0.4, -0.2) is 53.7 Å². The first-order valence-corrected chi connectivity index (χ1v) is 11.2. The number of morpholine rings is 1. The Morgan fingerprint density at radius 2 is 1.94 bits per heavy atom. The van der Waals surface area contributed by atoms with Gasteiger partial charge in [-0.25, -0.2) is 9.78 Å². The maximum absolute atomic E-state index is 12.4. The number of halogens is 1. The Kier molecular flexibility index (Phi) is 7.26. The highest BCUT2D eigenvalue weighted by atomic mass is 35.5. The second-order valence-electron chi connectivity index (χ2n) is 7.82. The average Bonchev–Trinajstić information content (AvgIpc) is 2.81. The van der Waals surface area contributed by atoms with Crippen LogP contribution >= 0.6 is 11.6 Å². The lowest BCUT2D eigenvalue weighted by Crippen LogP contribution is -2.43. The van der Waals surface area contributed by atoms with Gasteiger partial charge in [-0.1, -0.05) is 35.9 Å². The van der Waals surface area contributed by atoms with Crippen LogP contribution < -0.4 is 16.4 Å². The lowest BCUT2D eigenvalue weighted by atomic mass is 10.1. The first-order valence-electron chi connectivity index (χ1n) is 10.9. The Morgan fingerprint density at radius 1 is 1.15 bits per heavy atom. The second-order valence-corrected chi connectivity index (χ2v) is 8.22. The molecule has 0 saturated carbocycles. The van der Waals surface area contributed by atoms with E-state index < -0.39 is 0 Å². The molecule has 8 nitrogen and oxygen atoms in total. The Morgan fingerprint density at radius 3 is 2.76 bits per heavy atom. The van der Waals surface area contributed by atoms with E-state index in [4.69, 9.17) is 22.1 Å². The first-order chi connectivity index (χ1) is 16.0. The van der Waals surface area contributed by atoms with Crippen LogP contribution in [-0.2, 0) is 11.2 Å². The van der Waals surface area contributed by atoms with Crippen LogP contribution in [0.1, 0.15) is 11.1 Å². The molecule has 1 fully saturated rings. The highest BCUT2D eigenvalue weighted by Gasteiger charge is 2.16. The minimum Gasteiger partial charge on any atom is -0.378 e. The smallest absolute Gasteiger partial charge is 0.321 e. The summed E-state index contributed by atoms with van der Waals surface area (Å²) < 4.78 is 5.30. The van der Waals surface area contributed by atoms with Gasteiger partial charge in [0.05, 0.1) is 18.9 Å². The molecule has 3 aromatic rings. The molecule has 0 spiro atoms. The number of urea groups is 1. The fourth-order valence-corrected chi connectivity index (χ4v) is 3.86. The number of rotatable bonds is 6. The van der Waals surface area contributed by atoms with E-state index in [-0.39, 0.29) is 12.0 Å². The predicted octanol–water partition coefficient (Wildman–Crippen LogP) is 4.21. The number of anilines is 3. The highest BCUT2D eigenvalue weighted by molar-refractivity contribution is 6.31. The number of benzene rings is 2. The van der Waals surface area contributed by atoms with E-state index in [1.807, 2.05) is 55.5 Å². The van der Waals surface area contributed by atoms with Gasteiger partial charge in [-0.2, -0.15) is 4.98 Å². The number of ether oxygens (including phenoxy) is 1. The van der Waals surface area contributed by atoms with Crippen molar-refractivity contribution in [1.29, 1.82) is 0 Å². The molecule has 9 heteroatoms. The van der Waals surface area contributed by atoms with Gasteiger partial charge >= 0.3 is 6.03 Å². The van der Waals surface area contributed by atoms with Gasteiger partial charge < -0.3 is 26.0 Å². The summed E-state index contributed by atoms with van der Waals surface area (Å²) in [4.78, 5) is 22.8. The van der Waals surface area contributed by atoms with Gasteiger partial charge in [-0.15, -0.1) is 0 Å². The van der Waals surface area contributed by atoms with E-state index in [0.29, 0.717) is 43.7 Å². The molecule has 2 heterocycles. The summed E-state index contributed by atoms with van der Waals surface area (Å²) in [6, 6.07) is 15.3. The summed E-state index contributed by atoms with van der Waals surface area (Å²) >= 11 is 6.26. The van der Waals surface area contributed by atoms with Crippen molar-refractivity contribution in [2.24, 2.45) is 0 Å². The quantitative estimate of drug-likeness (QED) is 0.502. The fraction of sp³-hybridized carbons (Fsp3) is 0.292. The summed E-state index contributed by atoms with van der Waals surface area (Å²) in [5.41, 5.74) is 10.4. The molecule has 2 amide bonds. The number of hydrogen-bond acceptors (Lipinski definition) is 6. The lowest BCUT2D eigenvalue weighted by molar-refractivity contribution is 0.0564. The SMILES string of the molecule is Cc1c(Cl)cccc1-c1cc(NCCc2cccc(NC(=O)N3CCOCC3)c2)nc(N)n1. The summed E-state index contributed by atoms with van der Waals surface area (Å²) in [6.07, 6.45) is 0.747. The normalized spacial score (nSPS) is 13.6.